The summed E-state index contributed by atoms with van der Waals surface area (Å²) in [6.07, 6.45) is 1.62. The third kappa shape index (κ3) is 5.63. The second-order valence-corrected chi connectivity index (χ2v) is 8.16. The number of aliphatic hydroxyl groups is 1. The van der Waals surface area contributed by atoms with E-state index in [0.717, 1.165) is 38.0 Å². The molecule has 6 nitrogen and oxygen atoms in total. The number of carbonyl (C=O) groups excluding carboxylic acids is 2. The summed E-state index contributed by atoms with van der Waals surface area (Å²) in [5, 5.41) is 11.1. The highest BCUT2D eigenvalue weighted by Gasteiger charge is 2.45. The van der Waals surface area contributed by atoms with Crippen LogP contribution in [0.2, 0.25) is 0 Å². The van der Waals surface area contributed by atoms with Crippen LogP contribution >= 0.6 is 0 Å². The fourth-order valence-electron chi connectivity index (χ4n) is 4.21. The molecule has 1 heterocycles. The Hall–Kier alpha value is -3.12. The molecule has 0 aliphatic carbocycles. The van der Waals surface area contributed by atoms with Crippen molar-refractivity contribution in [2.24, 2.45) is 0 Å². The van der Waals surface area contributed by atoms with E-state index in [-0.39, 0.29) is 11.3 Å². The molecule has 0 radical (unpaired) electrons. The fraction of sp³-hybridized carbons (Fsp3) is 0.407. The van der Waals surface area contributed by atoms with Gasteiger partial charge in [-0.2, -0.15) is 0 Å². The summed E-state index contributed by atoms with van der Waals surface area (Å²) in [6, 6.07) is 15.7. The molecule has 33 heavy (non-hydrogen) atoms. The second kappa shape index (κ2) is 11.7. The van der Waals surface area contributed by atoms with Crippen LogP contribution in [-0.4, -0.2) is 59.4 Å². The summed E-state index contributed by atoms with van der Waals surface area (Å²) in [4.78, 5) is 30.1. The Bertz CT molecular complexity index is 983. The van der Waals surface area contributed by atoms with Crippen molar-refractivity contribution in [1.82, 2.24) is 9.80 Å². The molecule has 1 amide bonds. The first-order chi connectivity index (χ1) is 16.0. The maximum atomic E-state index is 13.1. The predicted molar refractivity (Wildman–Crippen MR) is 130 cm³/mol. The van der Waals surface area contributed by atoms with E-state index in [4.69, 9.17) is 4.74 Å². The number of Topliss-reactive ketones (excluding diaryl/α,β-unsaturated/α-hetero) is 1. The Morgan fingerprint density at radius 2 is 1.76 bits per heavy atom. The number of ether oxygens (including phenoxy) is 1. The minimum atomic E-state index is -0.660. The molecule has 1 aliphatic rings. The maximum absolute atomic E-state index is 13.1. The fourth-order valence-corrected chi connectivity index (χ4v) is 4.21. The normalized spacial score (nSPS) is 17.7. The van der Waals surface area contributed by atoms with Gasteiger partial charge in [-0.05, 0) is 50.2 Å². The first-order valence-corrected chi connectivity index (χ1v) is 11.8. The Morgan fingerprint density at radius 3 is 2.42 bits per heavy atom. The maximum Gasteiger partial charge on any atom is 0.295 e. The highest BCUT2D eigenvalue weighted by atomic mass is 16.5. The van der Waals surface area contributed by atoms with Gasteiger partial charge in [-0.1, -0.05) is 63.2 Å². The van der Waals surface area contributed by atoms with Crippen molar-refractivity contribution in [3.05, 3.63) is 71.3 Å². The zero-order chi connectivity index (χ0) is 23.8. The number of hydrogen-bond donors (Lipinski definition) is 1. The molecule has 2 aromatic carbocycles. The van der Waals surface area contributed by atoms with Crippen molar-refractivity contribution in [2.75, 3.05) is 32.8 Å². The number of likely N-dealkylation sites (tertiary alicyclic amines) is 1. The van der Waals surface area contributed by atoms with E-state index in [2.05, 4.69) is 18.7 Å². The van der Waals surface area contributed by atoms with E-state index in [1.54, 1.807) is 29.2 Å². The van der Waals surface area contributed by atoms with E-state index in [1.807, 2.05) is 37.3 Å². The van der Waals surface area contributed by atoms with Crippen LogP contribution in [0.1, 0.15) is 50.8 Å². The summed E-state index contributed by atoms with van der Waals surface area (Å²) >= 11 is 0. The Morgan fingerprint density at radius 1 is 1.03 bits per heavy atom. The highest BCUT2D eigenvalue weighted by Crippen LogP contribution is 2.40. The van der Waals surface area contributed by atoms with Gasteiger partial charge in [0, 0.05) is 12.1 Å². The summed E-state index contributed by atoms with van der Waals surface area (Å²) in [6.45, 7) is 9.96. The number of amides is 1. The van der Waals surface area contributed by atoms with Crippen molar-refractivity contribution in [1.29, 1.82) is 0 Å². The molecule has 0 aromatic heterocycles. The summed E-state index contributed by atoms with van der Waals surface area (Å²) in [5.41, 5.74) is 1.40. The van der Waals surface area contributed by atoms with Crippen LogP contribution in [0.15, 0.2) is 60.2 Å². The van der Waals surface area contributed by atoms with Crippen LogP contribution in [-0.2, 0) is 9.59 Å². The van der Waals surface area contributed by atoms with Gasteiger partial charge >= 0.3 is 0 Å². The van der Waals surface area contributed by atoms with Gasteiger partial charge in [0.05, 0.1) is 18.2 Å². The number of rotatable bonds is 11. The molecule has 2 aromatic rings. The Labute approximate surface area is 196 Å². The van der Waals surface area contributed by atoms with E-state index in [1.165, 1.54) is 0 Å². The number of benzene rings is 2. The molecule has 3 rings (SSSR count). The summed E-state index contributed by atoms with van der Waals surface area (Å²) in [5.74, 6) is -0.686. The van der Waals surface area contributed by atoms with E-state index in [0.29, 0.717) is 24.5 Å². The SMILES string of the molecule is CCCOc1cccc(C2/C(=C(/O)c3ccccc3)C(=O)C(=O)N2CCCN(CC)CC)c1. The van der Waals surface area contributed by atoms with Crippen molar-refractivity contribution in [2.45, 2.75) is 39.7 Å². The topological polar surface area (TPSA) is 70.1 Å². The molecule has 1 N–H and O–H groups in total. The lowest BCUT2D eigenvalue weighted by molar-refractivity contribution is -0.140. The third-order valence-corrected chi connectivity index (χ3v) is 6.00. The Balaban J connectivity index is 2.01. The minimum Gasteiger partial charge on any atom is -0.507 e. The molecule has 1 fully saturated rings. The molecule has 0 bridgehead atoms. The monoisotopic (exact) mass is 450 g/mol. The number of hydrogen-bond acceptors (Lipinski definition) is 5. The molecule has 1 unspecified atom stereocenters. The lowest BCUT2D eigenvalue weighted by Crippen LogP contribution is -2.33. The molecule has 1 atom stereocenters. The van der Waals surface area contributed by atoms with Crippen LogP contribution in [0.3, 0.4) is 0 Å². The zero-order valence-electron chi connectivity index (χ0n) is 19.8. The predicted octanol–water partition coefficient (Wildman–Crippen LogP) is 4.63. The second-order valence-electron chi connectivity index (χ2n) is 8.16. The summed E-state index contributed by atoms with van der Waals surface area (Å²) in [7, 11) is 0. The van der Waals surface area contributed by atoms with E-state index in [9.17, 15) is 14.7 Å². The molecular weight excluding hydrogens is 416 g/mol. The van der Waals surface area contributed by atoms with Crippen LogP contribution in [0.4, 0.5) is 0 Å². The molecule has 0 spiro atoms. The molecule has 1 saturated heterocycles. The number of ketones is 1. The molecular formula is C27H34N2O4. The van der Waals surface area contributed by atoms with E-state index < -0.39 is 17.7 Å². The van der Waals surface area contributed by atoms with E-state index >= 15 is 0 Å². The van der Waals surface area contributed by atoms with Crippen molar-refractivity contribution < 1.29 is 19.4 Å². The van der Waals surface area contributed by atoms with Gasteiger partial charge in [0.15, 0.2) is 0 Å². The number of nitrogens with zero attached hydrogens (tertiary/aromatic N) is 2. The highest BCUT2D eigenvalue weighted by molar-refractivity contribution is 6.46. The number of carbonyl (C=O) groups is 2. The average Bonchev–Trinajstić information content (AvgIpc) is 3.10. The van der Waals surface area contributed by atoms with Gasteiger partial charge in [0.25, 0.3) is 11.7 Å². The lowest BCUT2D eigenvalue weighted by atomic mass is 9.95. The minimum absolute atomic E-state index is 0.127. The quantitative estimate of drug-likeness (QED) is 0.307. The van der Waals surface area contributed by atoms with Crippen molar-refractivity contribution >= 4 is 17.4 Å². The molecule has 1 aliphatic heterocycles. The van der Waals surface area contributed by atoms with Gasteiger partial charge in [-0.25, -0.2) is 0 Å². The first-order valence-electron chi connectivity index (χ1n) is 11.8. The summed E-state index contributed by atoms with van der Waals surface area (Å²) < 4.78 is 5.79. The average molecular weight is 451 g/mol. The van der Waals surface area contributed by atoms with Crippen LogP contribution in [0.25, 0.3) is 5.76 Å². The van der Waals surface area contributed by atoms with Gasteiger partial charge in [-0.3, -0.25) is 9.59 Å². The Kier molecular flexibility index (Phi) is 8.66. The van der Waals surface area contributed by atoms with Crippen molar-refractivity contribution in [3.63, 3.8) is 0 Å². The standard InChI is InChI=1S/C27H34N2O4/c1-4-18-33-22-15-10-14-21(19-22)24-23(25(30)20-12-8-7-9-13-20)26(31)27(32)29(24)17-11-16-28(5-2)6-3/h7-10,12-15,19,24,30H,4-6,11,16-18H2,1-3H3/b25-23-. The zero-order valence-corrected chi connectivity index (χ0v) is 19.8. The number of aliphatic hydroxyl groups excluding tert-OH is 1. The van der Waals surface area contributed by atoms with Gasteiger partial charge < -0.3 is 19.6 Å². The van der Waals surface area contributed by atoms with Crippen LogP contribution in [0.5, 0.6) is 5.75 Å². The first kappa shape index (κ1) is 24.5. The van der Waals surface area contributed by atoms with Crippen LogP contribution in [0, 0.1) is 0 Å². The van der Waals surface area contributed by atoms with Gasteiger partial charge in [-0.15, -0.1) is 0 Å². The smallest absolute Gasteiger partial charge is 0.295 e. The van der Waals surface area contributed by atoms with Gasteiger partial charge in [0.2, 0.25) is 0 Å². The van der Waals surface area contributed by atoms with Crippen LogP contribution < -0.4 is 4.74 Å². The largest absolute Gasteiger partial charge is 0.507 e. The van der Waals surface area contributed by atoms with Crippen molar-refractivity contribution in [3.8, 4) is 5.75 Å². The lowest BCUT2D eigenvalue weighted by Gasteiger charge is -2.27. The molecule has 176 valence electrons. The van der Waals surface area contributed by atoms with Gasteiger partial charge in [0.1, 0.15) is 11.5 Å². The third-order valence-electron chi connectivity index (χ3n) is 6.00. The molecule has 6 heteroatoms. The molecule has 0 saturated carbocycles.